The van der Waals surface area contributed by atoms with Gasteiger partial charge in [-0.1, -0.05) is 23.7 Å². The van der Waals surface area contributed by atoms with E-state index in [9.17, 15) is 4.79 Å². The second-order valence-electron chi connectivity index (χ2n) is 4.52. The molecular formula is C16H13ClN2O2. The van der Waals surface area contributed by atoms with Crippen molar-refractivity contribution in [1.82, 2.24) is 9.78 Å². The fraction of sp³-hybridized carbons (Fsp3) is 0.0625. The van der Waals surface area contributed by atoms with Gasteiger partial charge in [0, 0.05) is 16.7 Å². The third-order valence-electron chi connectivity index (χ3n) is 3.20. The Kier molecular flexibility index (Phi) is 3.54. The van der Waals surface area contributed by atoms with Crippen LogP contribution in [-0.2, 0) is 0 Å². The van der Waals surface area contributed by atoms with Gasteiger partial charge in [0.15, 0.2) is 0 Å². The van der Waals surface area contributed by atoms with Gasteiger partial charge >= 0.3 is 0 Å². The monoisotopic (exact) mass is 300 g/mol. The van der Waals surface area contributed by atoms with Crippen LogP contribution in [-0.4, -0.2) is 16.9 Å². The standard InChI is InChI=1S/C16H13ClN2O2/c1-21-15-5-3-2-4-13(15)14-10-16(20)19(18-14)12-8-6-11(17)7-9-12/h2-10,18H,1H3. The summed E-state index contributed by atoms with van der Waals surface area (Å²) in [6, 6.07) is 16.1. The van der Waals surface area contributed by atoms with Gasteiger partial charge in [-0.3, -0.25) is 9.89 Å². The van der Waals surface area contributed by atoms with E-state index in [4.69, 9.17) is 16.3 Å². The lowest BCUT2D eigenvalue weighted by molar-refractivity contribution is 0.416. The molecule has 0 unspecified atom stereocenters. The Bertz CT molecular complexity index is 819. The van der Waals surface area contributed by atoms with Crippen LogP contribution in [0.15, 0.2) is 59.4 Å². The number of ether oxygens (including phenoxy) is 1. The largest absolute Gasteiger partial charge is 0.496 e. The summed E-state index contributed by atoms with van der Waals surface area (Å²) in [4.78, 5) is 12.2. The number of halogens is 1. The molecule has 2 aromatic carbocycles. The van der Waals surface area contributed by atoms with Crippen LogP contribution in [0.25, 0.3) is 16.9 Å². The molecule has 0 bridgehead atoms. The number of aromatic nitrogens is 2. The number of H-pyrrole nitrogens is 1. The number of para-hydroxylation sites is 1. The zero-order chi connectivity index (χ0) is 14.8. The van der Waals surface area contributed by atoms with Gasteiger partial charge in [-0.15, -0.1) is 0 Å². The quantitative estimate of drug-likeness (QED) is 0.805. The molecule has 0 aliphatic carbocycles. The van der Waals surface area contributed by atoms with Crippen LogP contribution in [0, 0.1) is 0 Å². The number of hydrogen-bond acceptors (Lipinski definition) is 2. The van der Waals surface area contributed by atoms with E-state index in [-0.39, 0.29) is 5.56 Å². The Morgan fingerprint density at radius 2 is 1.81 bits per heavy atom. The maximum atomic E-state index is 12.2. The number of aromatic amines is 1. The molecule has 3 rings (SSSR count). The molecule has 0 aliphatic heterocycles. The van der Waals surface area contributed by atoms with Crippen LogP contribution in [0.4, 0.5) is 0 Å². The first-order valence-electron chi connectivity index (χ1n) is 6.40. The highest BCUT2D eigenvalue weighted by atomic mass is 35.5. The van der Waals surface area contributed by atoms with Crippen molar-refractivity contribution < 1.29 is 4.74 Å². The number of rotatable bonds is 3. The highest BCUT2D eigenvalue weighted by Crippen LogP contribution is 2.27. The SMILES string of the molecule is COc1ccccc1-c1cc(=O)n(-c2ccc(Cl)cc2)[nH]1. The van der Waals surface area contributed by atoms with Crippen molar-refractivity contribution >= 4 is 11.6 Å². The van der Waals surface area contributed by atoms with Crippen LogP contribution in [0.1, 0.15) is 0 Å². The van der Waals surface area contributed by atoms with E-state index in [0.717, 1.165) is 11.3 Å². The van der Waals surface area contributed by atoms with Gasteiger partial charge in [-0.05, 0) is 36.4 Å². The lowest BCUT2D eigenvalue weighted by atomic mass is 10.1. The molecule has 21 heavy (non-hydrogen) atoms. The predicted molar refractivity (Wildman–Crippen MR) is 83.4 cm³/mol. The second-order valence-corrected chi connectivity index (χ2v) is 4.96. The summed E-state index contributed by atoms with van der Waals surface area (Å²) in [7, 11) is 1.60. The zero-order valence-corrected chi connectivity index (χ0v) is 12.1. The van der Waals surface area contributed by atoms with Gasteiger partial charge in [0.05, 0.1) is 18.5 Å². The van der Waals surface area contributed by atoms with E-state index in [2.05, 4.69) is 5.10 Å². The summed E-state index contributed by atoms with van der Waals surface area (Å²) < 4.78 is 6.79. The van der Waals surface area contributed by atoms with Gasteiger partial charge < -0.3 is 4.74 Å². The molecule has 0 atom stereocenters. The maximum Gasteiger partial charge on any atom is 0.271 e. The highest BCUT2D eigenvalue weighted by Gasteiger charge is 2.10. The van der Waals surface area contributed by atoms with Crippen LogP contribution in [0.3, 0.4) is 0 Å². The summed E-state index contributed by atoms with van der Waals surface area (Å²) in [5.74, 6) is 0.710. The van der Waals surface area contributed by atoms with Gasteiger partial charge in [0.25, 0.3) is 5.56 Å². The van der Waals surface area contributed by atoms with E-state index in [0.29, 0.717) is 16.5 Å². The van der Waals surface area contributed by atoms with Gasteiger partial charge in [-0.25, -0.2) is 4.68 Å². The van der Waals surface area contributed by atoms with E-state index < -0.39 is 0 Å². The molecule has 3 aromatic rings. The number of benzene rings is 2. The minimum Gasteiger partial charge on any atom is -0.496 e. The average Bonchev–Trinajstić information content (AvgIpc) is 2.90. The molecule has 1 N–H and O–H groups in total. The molecule has 0 aliphatic rings. The first kappa shape index (κ1) is 13.5. The van der Waals surface area contributed by atoms with E-state index in [1.165, 1.54) is 4.68 Å². The summed E-state index contributed by atoms with van der Waals surface area (Å²) in [5, 5.41) is 3.72. The smallest absolute Gasteiger partial charge is 0.271 e. The molecule has 1 heterocycles. The van der Waals surface area contributed by atoms with Crippen molar-refractivity contribution in [3.8, 4) is 22.7 Å². The van der Waals surface area contributed by atoms with Crippen molar-refractivity contribution in [2.75, 3.05) is 7.11 Å². The van der Waals surface area contributed by atoms with Crippen molar-refractivity contribution in [3.05, 3.63) is 70.0 Å². The third-order valence-corrected chi connectivity index (χ3v) is 3.45. The predicted octanol–water partition coefficient (Wildman–Crippen LogP) is 3.49. The molecule has 4 nitrogen and oxygen atoms in total. The Hall–Kier alpha value is -2.46. The van der Waals surface area contributed by atoms with Crippen LogP contribution < -0.4 is 10.3 Å². The van der Waals surface area contributed by atoms with Crippen molar-refractivity contribution in [2.45, 2.75) is 0 Å². The molecule has 0 radical (unpaired) electrons. The summed E-state index contributed by atoms with van der Waals surface area (Å²) in [5.41, 5.74) is 2.13. The van der Waals surface area contributed by atoms with Gasteiger partial charge in [0.2, 0.25) is 0 Å². The third kappa shape index (κ3) is 2.58. The molecular weight excluding hydrogens is 288 g/mol. The maximum absolute atomic E-state index is 12.2. The zero-order valence-electron chi connectivity index (χ0n) is 11.3. The van der Waals surface area contributed by atoms with Gasteiger partial charge in [-0.2, -0.15) is 0 Å². The molecule has 0 saturated heterocycles. The molecule has 1 aromatic heterocycles. The highest BCUT2D eigenvalue weighted by molar-refractivity contribution is 6.30. The average molecular weight is 301 g/mol. The Morgan fingerprint density at radius 3 is 2.52 bits per heavy atom. The molecule has 0 amide bonds. The first-order chi connectivity index (χ1) is 10.2. The number of nitrogens with zero attached hydrogens (tertiary/aromatic N) is 1. The van der Waals surface area contributed by atoms with E-state index >= 15 is 0 Å². The fourth-order valence-corrected chi connectivity index (χ4v) is 2.31. The molecule has 0 fully saturated rings. The van der Waals surface area contributed by atoms with Crippen molar-refractivity contribution in [3.63, 3.8) is 0 Å². The number of methoxy groups -OCH3 is 1. The molecule has 0 saturated carbocycles. The van der Waals surface area contributed by atoms with Gasteiger partial charge in [0.1, 0.15) is 5.75 Å². The number of hydrogen-bond donors (Lipinski definition) is 1. The van der Waals surface area contributed by atoms with Crippen LogP contribution >= 0.6 is 11.6 Å². The fourth-order valence-electron chi connectivity index (χ4n) is 2.18. The second kappa shape index (κ2) is 5.50. The normalized spacial score (nSPS) is 10.6. The topological polar surface area (TPSA) is 47.0 Å². The van der Waals surface area contributed by atoms with E-state index in [1.807, 2.05) is 24.3 Å². The van der Waals surface area contributed by atoms with Crippen LogP contribution in [0.5, 0.6) is 5.75 Å². The summed E-state index contributed by atoms with van der Waals surface area (Å²) in [6.07, 6.45) is 0. The lowest BCUT2D eigenvalue weighted by Crippen LogP contribution is -2.13. The molecule has 5 heteroatoms. The summed E-state index contributed by atoms with van der Waals surface area (Å²) in [6.45, 7) is 0. The number of nitrogens with one attached hydrogen (secondary N) is 1. The minimum atomic E-state index is -0.141. The lowest BCUT2D eigenvalue weighted by Gasteiger charge is -2.06. The molecule has 0 spiro atoms. The van der Waals surface area contributed by atoms with Crippen molar-refractivity contribution in [1.29, 1.82) is 0 Å². The minimum absolute atomic E-state index is 0.141. The van der Waals surface area contributed by atoms with E-state index in [1.54, 1.807) is 37.4 Å². The Morgan fingerprint density at radius 1 is 1.10 bits per heavy atom. The Balaban J connectivity index is 2.10. The Labute approximate surface area is 126 Å². The first-order valence-corrected chi connectivity index (χ1v) is 6.78. The van der Waals surface area contributed by atoms with Crippen molar-refractivity contribution in [2.24, 2.45) is 0 Å². The van der Waals surface area contributed by atoms with Crippen LogP contribution in [0.2, 0.25) is 5.02 Å². The molecule has 106 valence electrons. The summed E-state index contributed by atoms with van der Waals surface area (Å²) >= 11 is 5.87.